The van der Waals surface area contributed by atoms with E-state index < -0.39 is 22.9 Å². The molecule has 0 fully saturated rings. The molecule has 0 saturated heterocycles. The van der Waals surface area contributed by atoms with Crippen LogP contribution in [0.3, 0.4) is 0 Å². The molecular weight excluding hydrogens is 358 g/mol. The number of H-pyrrole nitrogens is 1. The predicted molar refractivity (Wildman–Crippen MR) is 94.0 cm³/mol. The van der Waals surface area contributed by atoms with E-state index in [0.29, 0.717) is 5.56 Å². The quantitative estimate of drug-likeness (QED) is 0.327. The largest absolute Gasteiger partial charge is 0.494 e. The average Bonchev–Trinajstić information content (AvgIpc) is 3.12. The van der Waals surface area contributed by atoms with Crippen molar-refractivity contribution in [3.05, 3.63) is 51.8 Å². The fourth-order valence-corrected chi connectivity index (χ4v) is 2.12. The zero-order valence-electron chi connectivity index (χ0n) is 14.8. The molecule has 10 nitrogen and oxygen atoms in total. The molecule has 142 valence electrons. The minimum Gasteiger partial charge on any atom is -0.494 e. The number of hydrogen-bond acceptors (Lipinski definition) is 7. The molecule has 0 saturated carbocycles. The number of nitrogens with zero attached hydrogens (tertiary/aromatic N) is 1. The molecule has 2 rings (SSSR count). The van der Waals surface area contributed by atoms with Gasteiger partial charge < -0.3 is 19.8 Å². The Morgan fingerprint density at radius 1 is 1.26 bits per heavy atom. The number of rotatable bonds is 7. The molecule has 1 aromatic carbocycles. The monoisotopic (exact) mass is 375 g/mol. The molecule has 0 spiro atoms. The summed E-state index contributed by atoms with van der Waals surface area (Å²) in [5, 5.41) is 13.3. The van der Waals surface area contributed by atoms with Crippen molar-refractivity contribution in [2.75, 3.05) is 12.4 Å². The summed E-state index contributed by atoms with van der Waals surface area (Å²) in [4.78, 5) is 48.3. The van der Waals surface area contributed by atoms with Crippen LogP contribution in [-0.2, 0) is 9.53 Å². The molecule has 0 radical (unpaired) electrons. The molecule has 0 bridgehead atoms. The number of nitrogens with one attached hydrogen (secondary N) is 2. The van der Waals surface area contributed by atoms with E-state index >= 15 is 0 Å². The van der Waals surface area contributed by atoms with Gasteiger partial charge in [0, 0.05) is 17.8 Å². The number of esters is 1. The molecular formula is C17H17N3O7. The molecule has 0 aliphatic rings. The Labute approximate surface area is 153 Å². The number of ketones is 1. The van der Waals surface area contributed by atoms with Gasteiger partial charge in [0.05, 0.1) is 23.8 Å². The van der Waals surface area contributed by atoms with Gasteiger partial charge in [-0.05, 0) is 26.0 Å². The van der Waals surface area contributed by atoms with E-state index in [0.717, 1.165) is 6.07 Å². The summed E-state index contributed by atoms with van der Waals surface area (Å²) in [6.07, 6.45) is 0.201. The number of benzene rings is 1. The summed E-state index contributed by atoms with van der Waals surface area (Å²) in [7, 11) is 1.30. The minimum absolute atomic E-state index is 0.0350. The highest BCUT2D eigenvalue weighted by atomic mass is 16.6. The number of amides is 1. The van der Waals surface area contributed by atoms with Crippen molar-refractivity contribution >= 4 is 29.0 Å². The highest BCUT2D eigenvalue weighted by Gasteiger charge is 2.22. The summed E-state index contributed by atoms with van der Waals surface area (Å²) < 4.78 is 10.1. The van der Waals surface area contributed by atoms with Crippen molar-refractivity contribution in [3.8, 4) is 5.75 Å². The van der Waals surface area contributed by atoms with Crippen molar-refractivity contribution in [1.82, 2.24) is 4.98 Å². The van der Waals surface area contributed by atoms with E-state index in [4.69, 9.17) is 9.47 Å². The lowest BCUT2D eigenvalue weighted by molar-refractivity contribution is -0.384. The van der Waals surface area contributed by atoms with Crippen LogP contribution in [-0.4, -0.2) is 40.8 Å². The van der Waals surface area contributed by atoms with Gasteiger partial charge in [-0.25, -0.2) is 4.79 Å². The molecule has 2 aromatic rings. The van der Waals surface area contributed by atoms with E-state index in [2.05, 4.69) is 10.3 Å². The maximum atomic E-state index is 12.2. The van der Waals surface area contributed by atoms with Gasteiger partial charge in [-0.2, -0.15) is 0 Å². The second kappa shape index (κ2) is 8.13. The number of carbonyl (C=O) groups excluding carboxylic acids is 3. The summed E-state index contributed by atoms with van der Waals surface area (Å²) in [5.74, 6) is -1.59. The number of carbonyl (C=O) groups is 3. The summed E-state index contributed by atoms with van der Waals surface area (Å²) in [6.45, 7) is 2.71. The molecule has 1 aromatic heterocycles. The minimum atomic E-state index is -1.17. The first kappa shape index (κ1) is 19.6. The Balaban J connectivity index is 2.05. The van der Waals surface area contributed by atoms with Gasteiger partial charge in [0.2, 0.25) is 0 Å². The Kier molecular flexibility index (Phi) is 5.91. The Hall–Kier alpha value is -3.69. The standard InChI is InChI=1S/C17H17N3O7/c1-9(21)11-6-14(18-8-11)17(23)27-10(2)16(22)19-13-5-4-12(20(24)25)7-15(13)26-3/h4-8,10,18H,1-3H3,(H,19,22)/t10-/m1/s1. The van der Waals surface area contributed by atoms with E-state index in [1.54, 1.807) is 0 Å². The van der Waals surface area contributed by atoms with Crippen LogP contribution in [0.15, 0.2) is 30.5 Å². The molecule has 0 unspecified atom stereocenters. The maximum absolute atomic E-state index is 12.2. The molecule has 1 heterocycles. The van der Waals surface area contributed by atoms with Crippen LogP contribution in [0.2, 0.25) is 0 Å². The van der Waals surface area contributed by atoms with Crippen LogP contribution in [0.25, 0.3) is 0 Å². The van der Waals surface area contributed by atoms with Crippen LogP contribution in [0.1, 0.15) is 34.7 Å². The number of ether oxygens (including phenoxy) is 2. The van der Waals surface area contributed by atoms with Crippen molar-refractivity contribution in [2.24, 2.45) is 0 Å². The second-order valence-corrected chi connectivity index (χ2v) is 5.54. The third-order valence-electron chi connectivity index (χ3n) is 3.62. The number of Topliss-reactive ketones (excluding diaryl/α,β-unsaturated/α-hetero) is 1. The number of nitro benzene ring substituents is 1. The molecule has 27 heavy (non-hydrogen) atoms. The van der Waals surface area contributed by atoms with E-state index in [9.17, 15) is 24.5 Å². The zero-order chi connectivity index (χ0) is 20.1. The van der Waals surface area contributed by atoms with Crippen LogP contribution >= 0.6 is 0 Å². The van der Waals surface area contributed by atoms with Crippen LogP contribution < -0.4 is 10.1 Å². The fraction of sp³-hybridized carbons (Fsp3) is 0.235. The van der Waals surface area contributed by atoms with E-state index in [1.807, 2.05) is 0 Å². The molecule has 1 atom stereocenters. The molecule has 0 aliphatic heterocycles. The third-order valence-corrected chi connectivity index (χ3v) is 3.62. The van der Waals surface area contributed by atoms with Gasteiger partial charge >= 0.3 is 5.97 Å². The number of hydrogen-bond donors (Lipinski definition) is 2. The maximum Gasteiger partial charge on any atom is 0.355 e. The molecule has 10 heteroatoms. The van der Waals surface area contributed by atoms with E-state index in [-0.39, 0.29) is 28.6 Å². The Morgan fingerprint density at radius 2 is 1.96 bits per heavy atom. The first-order chi connectivity index (χ1) is 12.7. The van der Waals surface area contributed by atoms with Crippen molar-refractivity contribution in [2.45, 2.75) is 20.0 Å². The number of non-ortho nitro benzene ring substituents is 1. The van der Waals surface area contributed by atoms with Gasteiger partial charge in [-0.1, -0.05) is 0 Å². The number of aromatic amines is 1. The van der Waals surface area contributed by atoms with Crippen molar-refractivity contribution < 1.29 is 28.8 Å². The number of nitro groups is 1. The second-order valence-electron chi connectivity index (χ2n) is 5.54. The highest BCUT2D eigenvalue weighted by molar-refractivity contribution is 5.99. The van der Waals surface area contributed by atoms with Crippen LogP contribution in [0.5, 0.6) is 5.75 Å². The first-order valence-electron chi connectivity index (χ1n) is 7.76. The molecule has 0 aliphatic carbocycles. The van der Waals surface area contributed by atoms with Crippen LogP contribution in [0.4, 0.5) is 11.4 Å². The Morgan fingerprint density at radius 3 is 2.52 bits per heavy atom. The third kappa shape index (κ3) is 4.69. The fourth-order valence-electron chi connectivity index (χ4n) is 2.12. The van der Waals surface area contributed by atoms with E-state index in [1.165, 1.54) is 45.4 Å². The van der Waals surface area contributed by atoms with Crippen molar-refractivity contribution in [3.63, 3.8) is 0 Å². The lowest BCUT2D eigenvalue weighted by Gasteiger charge is -2.14. The molecule has 1 amide bonds. The lowest BCUT2D eigenvalue weighted by atomic mass is 10.2. The average molecular weight is 375 g/mol. The summed E-state index contributed by atoms with van der Waals surface area (Å²) in [5.41, 5.74) is 0.342. The normalized spacial score (nSPS) is 11.4. The topological polar surface area (TPSA) is 141 Å². The SMILES string of the molecule is COc1cc([N+](=O)[O-])ccc1NC(=O)[C@@H](C)OC(=O)c1cc(C(C)=O)c[nH]1. The zero-order valence-corrected chi connectivity index (χ0v) is 14.8. The lowest BCUT2D eigenvalue weighted by Crippen LogP contribution is -2.30. The van der Waals surface area contributed by atoms with Gasteiger partial charge in [-0.15, -0.1) is 0 Å². The summed E-state index contributed by atoms with van der Waals surface area (Å²) in [6, 6.07) is 5.01. The van der Waals surface area contributed by atoms with Gasteiger partial charge in [0.1, 0.15) is 11.4 Å². The first-order valence-corrected chi connectivity index (χ1v) is 7.76. The predicted octanol–water partition coefficient (Wildman–Crippen LogP) is 2.32. The molecule has 2 N–H and O–H groups in total. The van der Waals surface area contributed by atoms with Crippen molar-refractivity contribution in [1.29, 1.82) is 0 Å². The van der Waals surface area contributed by atoms with Gasteiger partial charge in [-0.3, -0.25) is 19.7 Å². The number of anilines is 1. The Bertz CT molecular complexity index is 904. The van der Waals surface area contributed by atoms with Gasteiger partial charge in [0.15, 0.2) is 11.9 Å². The number of aromatic nitrogens is 1. The van der Waals surface area contributed by atoms with Crippen LogP contribution in [0, 0.1) is 10.1 Å². The highest BCUT2D eigenvalue weighted by Crippen LogP contribution is 2.29. The number of methoxy groups -OCH3 is 1. The smallest absolute Gasteiger partial charge is 0.355 e. The summed E-state index contributed by atoms with van der Waals surface area (Å²) >= 11 is 0. The van der Waals surface area contributed by atoms with Gasteiger partial charge in [0.25, 0.3) is 11.6 Å².